The molecule has 0 N–H and O–H groups in total. The Hall–Kier alpha value is -3.01. The van der Waals surface area contributed by atoms with Crippen molar-refractivity contribution >= 4 is 61.7 Å². The van der Waals surface area contributed by atoms with Crippen LogP contribution in [0.5, 0.6) is 5.75 Å². The summed E-state index contributed by atoms with van der Waals surface area (Å²) in [6, 6.07) is 10.1. The van der Waals surface area contributed by atoms with Gasteiger partial charge in [-0.25, -0.2) is 4.98 Å². The molecule has 1 aromatic heterocycles. The third-order valence-electron chi connectivity index (χ3n) is 5.96. The van der Waals surface area contributed by atoms with Gasteiger partial charge in [-0.3, -0.25) is 24.2 Å². The van der Waals surface area contributed by atoms with Gasteiger partial charge in [0.1, 0.15) is 11.3 Å². The van der Waals surface area contributed by atoms with E-state index in [1.165, 1.54) is 11.3 Å². The van der Waals surface area contributed by atoms with Gasteiger partial charge in [0.05, 0.1) is 35.2 Å². The largest absolute Gasteiger partial charge is 0.494 e. The number of carbonyl (C=O) groups is 3. The number of ether oxygens (including phenoxy) is 2. The molecule has 0 aliphatic carbocycles. The summed E-state index contributed by atoms with van der Waals surface area (Å²) in [6.45, 7) is 0.977. The van der Waals surface area contributed by atoms with E-state index in [4.69, 9.17) is 26.1 Å². The van der Waals surface area contributed by atoms with Crippen molar-refractivity contribution in [3.05, 3.63) is 47.0 Å². The normalized spacial score (nSPS) is 18.2. The predicted octanol–water partition coefficient (Wildman–Crippen LogP) is 4.44. The molecule has 176 valence electrons. The fourth-order valence-electron chi connectivity index (χ4n) is 4.26. The van der Waals surface area contributed by atoms with E-state index < -0.39 is 0 Å². The first-order valence-electron chi connectivity index (χ1n) is 11.0. The lowest BCUT2D eigenvalue weighted by Crippen LogP contribution is -2.37. The zero-order valence-electron chi connectivity index (χ0n) is 18.5. The molecule has 0 saturated carbocycles. The Labute approximate surface area is 205 Å². The number of anilines is 2. The zero-order chi connectivity index (χ0) is 23.8. The molecule has 3 aromatic rings. The van der Waals surface area contributed by atoms with Gasteiger partial charge in [0.15, 0.2) is 5.13 Å². The van der Waals surface area contributed by atoms with E-state index in [2.05, 4.69) is 0 Å². The van der Waals surface area contributed by atoms with Gasteiger partial charge in [0.25, 0.3) is 5.91 Å². The minimum absolute atomic E-state index is 0.113. The molecule has 2 aliphatic rings. The molecule has 1 unspecified atom stereocenters. The Kier molecular flexibility index (Phi) is 6.24. The first-order chi connectivity index (χ1) is 16.5. The van der Waals surface area contributed by atoms with Crippen molar-refractivity contribution in [3.63, 3.8) is 0 Å². The van der Waals surface area contributed by atoms with Crippen LogP contribution < -0.4 is 14.5 Å². The lowest BCUT2D eigenvalue weighted by Gasteiger charge is -2.23. The van der Waals surface area contributed by atoms with Crippen molar-refractivity contribution in [2.45, 2.75) is 31.8 Å². The van der Waals surface area contributed by atoms with Crippen LogP contribution in [0.15, 0.2) is 36.4 Å². The smallest absolute Gasteiger partial charge is 0.260 e. The molecule has 2 fully saturated rings. The molecular weight excluding hydrogens is 478 g/mol. The fraction of sp³-hybridized carbons (Fsp3) is 0.333. The summed E-state index contributed by atoms with van der Waals surface area (Å²) < 4.78 is 12.0. The maximum absolute atomic E-state index is 13.8. The van der Waals surface area contributed by atoms with Crippen molar-refractivity contribution in [1.29, 1.82) is 0 Å². The summed E-state index contributed by atoms with van der Waals surface area (Å²) in [5.74, 6) is -0.262. The molecule has 5 rings (SSSR count). The molecule has 0 radical (unpaired) electrons. The third kappa shape index (κ3) is 4.15. The predicted molar refractivity (Wildman–Crippen MR) is 130 cm³/mol. The third-order valence-corrected chi connectivity index (χ3v) is 7.49. The number of imide groups is 1. The van der Waals surface area contributed by atoms with Gasteiger partial charge in [0.2, 0.25) is 11.8 Å². The van der Waals surface area contributed by atoms with Gasteiger partial charge < -0.3 is 9.47 Å². The molecule has 0 bridgehead atoms. The number of hydrogen-bond acceptors (Lipinski definition) is 7. The summed E-state index contributed by atoms with van der Waals surface area (Å²) >= 11 is 7.72. The van der Waals surface area contributed by atoms with Crippen molar-refractivity contribution < 1.29 is 23.9 Å². The van der Waals surface area contributed by atoms with E-state index in [1.54, 1.807) is 48.4 Å². The molecular formula is C24H22ClN3O5S. The van der Waals surface area contributed by atoms with Crippen molar-refractivity contribution in [1.82, 2.24) is 4.98 Å². The number of thiazole rings is 1. The van der Waals surface area contributed by atoms with Gasteiger partial charge in [-0.1, -0.05) is 29.0 Å². The number of methoxy groups -OCH3 is 1. The number of nitrogens with zero attached hydrogens (tertiary/aromatic N) is 3. The highest BCUT2D eigenvalue weighted by Crippen LogP contribution is 2.39. The van der Waals surface area contributed by atoms with Crippen LogP contribution in [-0.2, 0) is 14.3 Å². The number of hydrogen-bond donors (Lipinski definition) is 0. The van der Waals surface area contributed by atoms with Crippen LogP contribution in [0.4, 0.5) is 10.8 Å². The molecule has 8 nitrogen and oxygen atoms in total. The van der Waals surface area contributed by atoms with E-state index in [0.29, 0.717) is 45.8 Å². The Morgan fingerprint density at radius 1 is 1.26 bits per heavy atom. The molecule has 3 heterocycles. The number of fused-ring (bicyclic) bond motifs is 1. The number of amides is 3. The number of aromatic nitrogens is 1. The van der Waals surface area contributed by atoms with Crippen molar-refractivity contribution in [2.75, 3.05) is 30.1 Å². The Morgan fingerprint density at radius 2 is 2.06 bits per heavy atom. The molecule has 3 amide bonds. The zero-order valence-corrected chi connectivity index (χ0v) is 20.0. The molecule has 0 spiro atoms. The van der Waals surface area contributed by atoms with Crippen LogP contribution in [0.3, 0.4) is 0 Å². The Morgan fingerprint density at radius 3 is 2.76 bits per heavy atom. The maximum Gasteiger partial charge on any atom is 0.260 e. The fourth-order valence-corrected chi connectivity index (χ4v) is 5.52. The summed E-state index contributed by atoms with van der Waals surface area (Å²) in [6.07, 6.45) is 2.02. The molecule has 34 heavy (non-hydrogen) atoms. The van der Waals surface area contributed by atoms with Crippen LogP contribution >= 0.6 is 22.9 Å². The molecule has 2 saturated heterocycles. The van der Waals surface area contributed by atoms with E-state index in [-0.39, 0.29) is 36.7 Å². The summed E-state index contributed by atoms with van der Waals surface area (Å²) in [5, 5.41) is 0.998. The minimum atomic E-state index is -0.300. The average molecular weight is 500 g/mol. The Balaban J connectivity index is 1.54. The minimum Gasteiger partial charge on any atom is -0.494 e. The molecule has 2 aromatic carbocycles. The highest BCUT2D eigenvalue weighted by Gasteiger charge is 2.32. The van der Waals surface area contributed by atoms with Crippen molar-refractivity contribution in [3.8, 4) is 5.75 Å². The topological polar surface area (TPSA) is 89.0 Å². The lowest BCUT2D eigenvalue weighted by molar-refractivity contribution is -0.121. The summed E-state index contributed by atoms with van der Waals surface area (Å²) in [7, 11) is 1.56. The first-order valence-corrected chi connectivity index (χ1v) is 12.2. The second-order valence-corrected chi connectivity index (χ2v) is 9.53. The highest BCUT2D eigenvalue weighted by molar-refractivity contribution is 7.23. The van der Waals surface area contributed by atoms with E-state index in [9.17, 15) is 14.4 Å². The number of carbonyl (C=O) groups excluding carboxylic acids is 3. The monoisotopic (exact) mass is 499 g/mol. The van der Waals surface area contributed by atoms with Gasteiger partial charge in [-0.15, -0.1) is 0 Å². The van der Waals surface area contributed by atoms with Crippen molar-refractivity contribution in [2.24, 2.45) is 0 Å². The van der Waals surface area contributed by atoms with Gasteiger partial charge in [-0.05, 0) is 43.2 Å². The van der Waals surface area contributed by atoms with Gasteiger partial charge in [0, 0.05) is 25.0 Å². The van der Waals surface area contributed by atoms with E-state index >= 15 is 0 Å². The highest BCUT2D eigenvalue weighted by atomic mass is 35.5. The summed E-state index contributed by atoms with van der Waals surface area (Å²) in [4.78, 5) is 45.6. The van der Waals surface area contributed by atoms with Crippen LogP contribution in [0.1, 0.15) is 36.0 Å². The quantitative estimate of drug-likeness (QED) is 0.466. The van der Waals surface area contributed by atoms with Crippen LogP contribution in [0.2, 0.25) is 5.02 Å². The molecule has 1 atom stereocenters. The SMILES string of the molecule is COc1ccc(Cl)c2sc(N(CC3CCCO3)C(=O)c3cccc(N4C(=O)CCC4=O)c3)nc12. The second kappa shape index (κ2) is 9.32. The lowest BCUT2D eigenvalue weighted by atomic mass is 10.1. The Bertz CT molecular complexity index is 1270. The molecule has 2 aliphatic heterocycles. The van der Waals surface area contributed by atoms with Gasteiger partial charge in [-0.2, -0.15) is 0 Å². The van der Waals surface area contributed by atoms with E-state index in [0.717, 1.165) is 22.4 Å². The number of halogens is 1. The van der Waals surface area contributed by atoms with Crippen LogP contribution in [0.25, 0.3) is 10.2 Å². The summed E-state index contributed by atoms with van der Waals surface area (Å²) in [5.41, 5.74) is 1.33. The second-order valence-electron chi connectivity index (χ2n) is 8.15. The average Bonchev–Trinajstić information content (AvgIpc) is 3.58. The maximum atomic E-state index is 13.8. The molecule has 10 heteroatoms. The first kappa shape index (κ1) is 22.8. The van der Waals surface area contributed by atoms with Crippen LogP contribution in [0, 0.1) is 0 Å². The van der Waals surface area contributed by atoms with Crippen LogP contribution in [-0.4, -0.2) is 49.1 Å². The van der Waals surface area contributed by atoms with E-state index in [1.807, 2.05) is 0 Å². The number of rotatable bonds is 6. The van der Waals surface area contributed by atoms with Gasteiger partial charge >= 0.3 is 0 Å². The standard InChI is InChI=1S/C24H22ClN3O5S/c1-32-18-8-7-17(25)22-21(18)26-24(34-22)27(13-16-6-3-11-33-16)23(31)14-4-2-5-15(12-14)28-19(29)9-10-20(28)30/h2,4-5,7-8,12,16H,3,6,9-11,13H2,1H3. The number of benzene rings is 2.